The predicted octanol–water partition coefficient (Wildman–Crippen LogP) is 1.37. The Morgan fingerprint density at radius 3 is 2.33 bits per heavy atom. The van der Waals surface area contributed by atoms with Crippen molar-refractivity contribution in [3.63, 3.8) is 0 Å². The lowest BCUT2D eigenvalue weighted by molar-refractivity contribution is -0.196. The minimum absolute atomic E-state index is 0.0445. The molecular weight excluding hydrogens is 152 g/mol. The summed E-state index contributed by atoms with van der Waals surface area (Å²) in [6, 6.07) is 0. The summed E-state index contributed by atoms with van der Waals surface area (Å²) in [5, 5.41) is 9.94. The van der Waals surface area contributed by atoms with E-state index in [9.17, 15) is 9.90 Å². The molecule has 2 nitrogen and oxygen atoms in total. The Morgan fingerprint density at radius 1 is 1.42 bits per heavy atom. The summed E-state index contributed by atoms with van der Waals surface area (Å²) in [5.74, 6) is 0.759. The van der Waals surface area contributed by atoms with Gasteiger partial charge in [0.25, 0.3) is 0 Å². The molecular formula is C10H16O2. The van der Waals surface area contributed by atoms with Crippen molar-refractivity contribution in [2.24, 2.45) is 17.3 Å². The molecule has 0 aromatic carbocycles. The van der Waals surface area contributed by atoms with Crippen LogP contribution in [0.5, 0.6) is 0 Å². The van der Waals surface area contributed by atoms with E-state index in [1.165, 1.54) is 0 Å². The predicted molar refractivity (Wildman–Crippen MR) is 45.6 cm³/mol. The summed E-state index contributed by atoms with van der Waals surface area (Å²) >= 11 is 0. The first-order valence-corrected chi connectivity index (χ1v) is 4.62. The van der Waals surface area contributed by atoms with E-state index in [-0.39, 0.29) is 17.1 Å². The summed E-state index contributed by atoms with van der Waals surface area (Å²) in [7, 11) is 0. The number of fused-ring (bicyclic) bond motifs is 2. The van der Waals surface area contributed by atoms with Crippen LogP contribution in [0, 0.1) is 17.3 Å². The fourth-order valence-electron chi connectivity index (χ4n) is 2.94. The van der Waals surface area contributed by atoms with Gasteiger partial charge in [0.1, 0.15) is 5.60 Å². The van der Waals surface area contributed by atoms with Gasteiger partial charge >= 0.3 is 0 Å². The third kappa shape index (κ3) is 0.717. The van der Waals surface area contributed by atoms with Gasteiger partial charge in [-0.1, -0.05) is 13.8 Å². The molecule has 68 valence electrons. The molecule has 3 atom stereocenters. The average molecular weight is 168 g/mol. The van der Waals surface area contributed by atoms with Gasteiger partial charge in [-0.15, -0.1) is 0 Å². The lowest BCUT2D eigenvalue weighted by Gasteiger charge is -2.61. The molecule has 0 amide bonds. The second-order valence-electron chi connectivity index (χ2n) is 5.08. The van der Waals surface area contributed by atoms with Crippen LogP contribution < -0.4 is 0 Å². The number of carbonyl (C=O) groups is 1. The largest absolute Gasteiger partial charge is 0.382 e. The molecule has 1 N–H and O–H groups in total. The van der Waals surface area contributed by atoms with Crippen LogP contribution in [0.3, 0.4) is 0 Å². The van der Waals surface area contributed by atoms with E-state index in [2.05, 4.69) is 13.8 Å². The zero-order valence-corrected chi connectivity index (χ0v) is 7.92. The van der Waals surface area contributed by atoms with Crippen molar-refractivity contribution in [3.8, 4) is 0 Å². The fourth-order valence-corrected chi connectivity index (χ4v) is 2.94. The number of aliphatic hydroxyl groups is 1. The summed E-state index contributed by atoms with van der Waals surface area (Å²) in [4.78, 5) is 11.4. The van der Waals surface area contributed by atoms with Crippen molar-refractivity contribution in [2.45, 2.75) is 39.2 Å². The van der Waals surface area contributed by atoms with Gasteiger partial charge in [0.05, 0.1) is 0 Å². The van der Waals surface area contributed by atoms with Crippen molar-refractivity contribution in [1.82, 2.24) is 0 Å². The van der Waals surface area contributed by atoms with Gasteiger partial charge in [0.2, 0.25) is 0 Å². The smallest absolute Gasteiger partial charge is 0.164 e. The monoisotopic (exact) mass is 168 g/mol. The van der Waals surface area contributed by atoms with Crippen molar-refractivity contribution < 1.29 is 9.90 Å². The summed E-state index contributed by atoms with van der Waals surface area (Å²) in [6.45, 7) is 6.00. The molecule has 0 saturated heterocycles. The quantitative estimate of drug-likeness (QED) is 0.593. The molecule has 3 rings (SSSR count). The minimum Gasteiger partial charge on any atom is -0.382 e. The SMILES string of the molecule is CC1(O)C(=O)CC2C[C@@H]1C2(C)C. The number of carbonyl (C=O) groups excluding carboxylic acids is 1. The highest BCUT2D eigenvalue weighted by Crippen LogP contribution is 2.61. The fraction of sp³-hybridized carbons (Fsp3) is 0.900. The second kappa shape index (κ2) is 1.92. The van der Waals surface area contributed by atoms with Gasteiger partial charge in [-0.2, -0.15) is 0 Å². The molecule has 3 saturated carbocycles. The van der Waals surface area contributed by atoms with Crippen LogP contribution in [0.15, 0.2) is 0 Å². The Balaban J connectivity index is 2.33. The first-order valence-electron chi connectivity index (χ1n) is 4.62. The molecule has 0 spiro atoms. The number of ketones is 1. The number of hydrogen-bond donors (Lipinski definition) is 1. The minimum atomic E-state index is -1.04. The van der Waals surface area contributed by atoms with Crippen LogP contribution in [-0.2, 0) is 4.79 Å². The van der Waals surface area contributed by atoms with E-state index in [0.717, 1.165) is 6.42 Å². The van der Waals surface area contributed by atoms with E-state index in [1.807, 2.05) is 0 Å². The van der Waals surface area contributed by atoms with Crippen LogP contribution in [0.1, 0.15) is 33.6 Å². The van der Waals surface area contributed by atoms with Gasteiger partial charge in [-0.25, -0.2) is 0 Å². The topological polar surface area (TPSA) is 37.3 Å². The molecule has 2 heteroatoms. The lowest BCUT2D eigenvalue weighted by Crippen LogP contribution is -2.64. The second-order valence-corrected chi connectivity index (χ2v) is 5.08. The summed E-state index contributed by atoms with van der Waals surface area (Å²) < 4.78 is 0. The summed E-state index contributed by atoms with van der Waals surface area (Å²) in [5.41, 5.74) is -0.865. The molecule has 0 aliphatic heterocycles. The van der Waals surface area contributed by atoms with E-state index >= 15 is 0 Å². The normalized spacial score (nSPS) is 50.2. The van der Waals surface area contributed by atoms with Gasteiger partial charge in [0.15, 0.2) is 5.78 Å². The van der Waals surface area contributed by atoms with E-state index in [0.29, 0.717) is 12.3 Å². The molecule has 2 unspecified atom stereocenters. The third-order valence-electron chi connectivity index (χ3n) is 4.15. The van der Waals surface area contributed by atoms with Crippen molar-refractivity contribution in [1.29, 1.82) is 0 Å². The Hall–Kier alpha value is -0.370. The van der Waals surface area contributed by atoms with Crippen LogP contribution in [-0.4, -0.2) is 16.5 Å². The average Bonchev–Trinajstić information content (AvgIpc) is 1.93. The highest BCUT2D eigenvalue weighted by molar-refractivity contribution is 5.89. The maximum absolute atomic E-state index is 11.4. The molecule has 0 aromatic rings. The Kier molecular flexibility index (Phi) is 1.32. The number of Topliss-reactive ketones (excluding diaryl/α,β-unsaturated/α-hetero) is 1. The molecule has 3 aliphatic rings. The van der Waals surface area contributed by atoms with Crippen molar-refractivity contribution >= 4 is 5.78 Å². The van der Waals surface area contributed by atoms with Gasteiger partial charge < -0.3 is 5.11 Å². The van der Waals surface area contributed by atoms with Crippen LogP contribution in [0.25, 0.3) is 0 Å². The Morgan fingerprint density at radius 2 is 2.00 bits per heavy atom. The highest BCUT2D eigenvalue weighted by Gasteiger charge is 2.62. The lowest BCUT2D eigenvalue weighted by atomic mass is 9.44. The standard InChI is InChI=1S/C10H16O2/c1-9(2)6-4-7(9)10(3,12)8(11)5-6/h6-7,12H,4-5H2,1-3H3/t6?,7-,10?/m1/s1. The zero-order valence-electron chi connectivity index (χ0n) is 7.92. The Bertz CT molecular complexity index is 240. The maximum Gasteiger partial charge on any atom is 0.164 e. The van der Waals surface area contributed by atoms with Crippen LogP contribution in [0.4, 0.5) is 0 Å². The molecule has 2 bridgehead atoms. The van der Waals surface area contributed by atoms with Gasteiger partial charge in [-0.3, -0.25) is 4.79 Å². The van der Waals surface area contributed by atoms with Crippen LogP contribution >= 0.6 is 0 Å². The maximum atomic E-state index is 11.4. The van der Waals surface area contributed by atoms with E-state index in [1.54, 1.807) is 6.92 Å². The van der Waals surface area contributed by atoms with Gasteiger partial charge in [-0.05, 0) is 24.7 Å². The van der Waals surface area contributed by atoms with E-state index < -0.39 is 5.60 Å². The first-order chi connectivity index (χ1) is 5.37. The molecule has 0 radical (unpaired) electrons. The molecule has 0 heterocycles. The third-order valence-corrected chi connectivity index (χ3v) is 4.15. The highest BCUT2D eigenvalue weighted by atomic mass is 16.3. The van der Waals surface area contributed by atoms with Crippen molar-refractivity contribution in [2.75, 3.05) is 0 Å². The zero-order chi connectivity index (χ0) is 9.15. The molecule has 3 aliphatic carbocycles. The Labute approximate surface area is 73.0 Å². The van der Waals surface area contributed by atoms with Crippen LogP contribution in [0.2, 0.25) is 0 Å². The number of hydrogen-bond acceptors (Lipinski definition) is 2. The van der Waals surface area contributed by atoms with Gasteiger partial charge in [0, 0.05) is 12.3 Å². The van der Waals surface area contributed by atoms with Crippen molar-refractivity contribution in [3.05, 3.63) is 0 Å². The molecule has 0 aromatic heterocycles. The first kappa shape index (κ1) is 8.24. The van der Waals surface area contributed by atoms with E-state index in [4.69, 9.17) is 0 Å². The molecule has 3 fully saturated rings. The molecule has 12 heavy (non-hydrogen) atoms. The number of rotatable bonds is 0. The summed E-state index contributed by atoms with van der Waals surface area (Å²) in [6.07, 6.45) is 1.61.